The Balaban J connectivity index is 1.85. The largest absolute Gasteiger partial charge is 0.324 e. The molecule has 1 aromatic carbocycles. The van der Waals surface area contributed by atoms with Crippen LogP contribution in [0.5, 0.6) is 0 Å². The van der Waals surface area contributed by atoms with E-state index in [-0.39, 0.29) is 18.5 Å². The lowest BCUT2D eigenvalue weighted by atomic mass is 10.3. The summed E-state index contributed by atoms with van der Waals surface area (Å²) in [5, 5.41) is 7.08. The van der Waals surface area contributed by atoms with E-state index in [2.05, 4.69) is 38.5 Å². The molecule has 1 atom stereocenters. The van der Waals surface area contributed by atoms with Gasteiger partial charge in [-0.2, -0.15) is 0 Å². The molecular weight excluding hydrogens is 350 g/mol. The van der Waals surface area contributed by atoms with Crippen molar-refractivity contribution in [3.63, 3.8) is 0 Å². The summed E-state index contributed by atoms with van der Waals surface area (Å²) in [4.78, 5) is 17.6. The van der Waals surface area contributed by atoms with Crippen LogP contribution in [-0.2, 0) is 11.2 Å². The summed E-state index contributed by atoms with van der Waals surface area (Å²) in [6.45, 7) is 4.38. The van der Waals surface area contributed by atoms with Crippen molar-refractivity contribution in [2.45, 2.75) is 26.3 Å². The molecule has 0 saturated heterocycles. The summed E-state index contributed by atoms with van der Waals surface area (Å²) in [5.41, 5.74) is 0.777. The Bertz CT molecular complexity index is 614. The van der Waals surface area contributed by atoms with Gasteiger partial charge in [0.05, 0.1) is 18.3 Å². The van der Waals surface area contributed by atoms with Gasteiger partial charge in [-0.15, -0.1) is 11.3 Å². The first-order valence-corrected chi connectivity index (χ1v) is 8.43. The number of para-hydroxylation sites is 1. The van der Waals surface area contributed by atoms with Crippen molar-refractivity contribution in [2.75, 3.05) is 11.9 Å². The van der Waals surface area contributed by atoms with Crippen molar-refractivity contribution in [3.8, 4) is 0 Å². The zero-order valence-electron chi connectivity index (χ0n) is 12.0. The number of aryl methyl sites for hydroxylation is 1. The molecule has 2 aromatic rings. The van der Waals surface area contributed by atoms with Crippen molar-refractivity contribution >= 4 is 38.9 Å². The number of hydrogen-bond acceptors (Lipinski definition) is 4. The third kappa shape index (κ3) is 4.62. The first-order chi connectivity index (χ1) is 10.1. The van der Waals surface area contributed by atoms with Gasteiger partial charge in [-0.25, -0.2) is 4.98 Å². The predicted octanol–water partition coefficient (Wildman–Crippen LogP) is 3.76. The van der Waals surface area contributed by atoms with E-state index < -0.39 is 0 Å². The summed E-state index contributed by atoms with van der Waals surface area (Å²) in [6, 6.07) is 7.62. The van der Waals surface area contributed by atoms with Gasteiger partial charge >= 0.3 is 0 Å². The highest BCUT2D eigenvalue weighted by molar-refractivity contribution is 9.10. The van der Waals surface area contributed by atoms with Crippen LogP contribution in [0.15, 0.2) is 34.9 Å². The highest BCUT2D eigenvalue weighted by Gasteiger charge is 2.12. The van der Waals surface area contributed by atoms with E-state index in [1.807, 2.05) is 37.4 Å². The van der Waals surface area contributed by atoms with Crippen LogP contribution >= 0.6 is 27.3 Å². The van der Waals surface area contributed by atoms with E-state index in [1.165, 1.54) is 4.88 Å². The molecule has 0 saturated carbocycles. The molecule has 2 rings (SSSR count). The van der Waals surface area contributed by atoms with Gasteiger partial charge in [0, 0.05) is 15.5 Å². The maximum atomic E-state index is 12.0. The zero-order chi connectivity index (χ0) is 15.2. The van der Waals surface area contributed by atoms with Crippen LogP contribution < -0.4 is 10.6 Å². The maximum absolute atomic E-state index is 12.0. The second kappa shape index (κ2) is 7.68. The number of rotatable bonds is 6. The lowest BCUT2D eigenvalue weighted by Gasteiger charge is -2.12. The molecule has 0 radical (unpaired) electrons. The van der Waals surface area contributed by atoms with E-state index in [0.717, 1.165) is 21.6 Å². The molecular formula is C15H18BrN3OS. The molecule has 6 heteroatoms. The monoisotopic (exact) mass is 367 g/mol. The van der Waals surface area contributed by atoms with E-state index in [4.69, 9.17) is 0 Å². The molecule has 21 heavy (non-hydrogen) atoms. The Kier molecular flexibility index (Phi) is 5.90. The van der Waals surface area contributed by atoms with Crippen LogP contribution in [0.25, 0.3) is 0 Å². The van der Waals surface area contributed by atoms with Gasteiger partial charge in [-0.3, -0.25) is 10.1 Å². The standard InChI is InChI=1S/C15H18BrN3OS/c1-3-11-8-18-15(21-11)10(2)17-9-14(20)19-13-7-5-4-6-12(13)16/h4-8,10,17H,3,9H2,1-2H3,(H,19,20). The second-order valence-corrected chi connectivity index (χ2v) is 6.65. The minimum atomic E-state index is -0.0685. The van der Waals surface area contributed by atoms with Gasteiger partial charge in [-0.1, -0.05) is 19.1 Å². The molecule has 0 spiro atoms. The summed E-state index contributed by atoms with van der Waals surface area (Å²) in [7, 11) is 0. The van der Waals surface area contributed by atoms with Gasteiger partial charge in [0.1, 0.15) is 5.01 Å². The third-order valence-electron chi connectivity index (χ3n) is 3.01. The molecule has 2 N–H and O–H groups in total. The molecule has 1 unspecified atom stereocenters. The number of halogens is 1. The van der Waals surface area contributed by atoms with Crippen LogP contribution in [-0.4, -0.2) is 17.4 Å². The minimum Gasteiger partial charge on any atom is -0.324 e. The first-order valence-electron chi connectivity index (χ1n) is 6.82. The molecule has 0 bridgehead atoms. The lowest BCUT2D eigenvalue weighted by molar-refractivity contribution is -0.115. The third-order valence-corrected chi connectivity index (χ3v) is 5.02. The van der Waals surface area contributed by atoms with E-state index in [0.29, 0.717) is 0 Å². The number of nitrogens with one attached hydrogen (secondary N) is 2. The quantitative estimate of drug-likeness (QED) is 0.817. The smallest absolute Gasteiger partial charge is 0.238 e. The fraction of sp³-hybridized carbons (Fsp3) is 0.333. The number of thiazole rings is 1. The average molecular weight is 368 g/mol. The number of carbonyl (C=O) groups excluding carboxylic acids is 1. The molecule has 0 aliphatic rings. The van der Waals surface area contributed by atoms with E-state index in [9.17, 15) is 4.79 Å². The minimum absolute atomic E-state index is 0.0685. The highest BCUT2D eigenvalue weighted by atomic mass is 79.9. The van der Waals surface area contributed by atoms with Gasteiger partial charge < -0.3 is 5.32 Å². The second-order valence-electron chi connectivity index (χ2n) is 4.65. The topological polar surface area (TPSA) is 54.0 Å². The van der Waals surface area contributed by atoms with Crippen molar-refractivity contribution in [1.82, 2.24) is 10.3 Å². The molecule has 0 fully saturated rings. The Labute approximate surface area is 137 Å². The molecule has 112 valence electrons. The molecule has 1 amide bonds. The van der Waals surface area contributed by atoms with Crippen LogP contribution in [0.4, 0.5) is 5.69 Å². The Morgan fingerprint density at radius 3 is 2.86 bits per heavy atom. The van der Waals surface area contributed by atoms with Gasteiger partial charge in [-0.05, 0) is 41.4 Å². The number of aromatic nitrogens is 1. The van der Waals surface area contributed by atoms with E-state index in [1.54, 1.807) is 11.3 Å². The predicted molar refractivity (Wildman–Crippen MR) is 90.7 cm³/mol. The van der Waals surface area contributed by atoms with Gasteiger partial charge in [0.15, 0.2) is 0 Å². The van der Waals surface area contributed by atoms with Crippen molar-refractivity contribution in [2.24, 2.45) is 0 Å². The number of nitrogens with zero attached hydrogens (tertiary/aromatic N) is 1. The Morgan fingerprint density at radius 1 is 1.43 bits per heavy atom. The molecule has 4 nitrogen and oxygen atoms in total. The number of anilines is 1. The van der Waals surface area contributed by atoms with Crippen LogP contribution in [0, 0.1) is 0 Å². The normalized spacial score (nSPS) is 12.1. The SMILES string of the molecule is CCc1cnc(C(C)NCC(=O)Nc2ccccc2Br)s1. The summed E-state index contributed by atoms with van der Waals surface area (Å²) in [5.74, 6) is -0.0685. The van der Waals surface area contributed by atoms with Crippen molar-refractivity contribution < 1.29 is 4.79 Å². The average Bonchev–Trinajstić information content (AvgIpc) is 2.96. The highest BCUT2D eigenvalue weighted by Crippen LogP contribution is 2.22. The number of hydrogen-bond donors (Lipinski definition) is 2. The van der Waals surface area contributed by atoms with Gasteiger partial charge in [0.2, 0.25) is 5.91 Å². The Hall–Kier alpha value is -1.24. The Morgan fingerprint density at radius 2 is 2.19 bits per heavy atom. The van der Waals surface area contributed by atoms with Crippen LogP contribution in [0.1, 0.15) is 29.8 Å². The van der Waals surface area contributed by atoms with Crippen molar-refractivity contribution in [3.05, 3.63) is 44.8 Å². The van der Waals surface area contributed by atoms with Crippen LogP contribution in [0.3, 0.4) is 0 Å². The van der Waals surface area contributed by atoms with Crippen LogP contribution in [0.2, 0.25) is 0 Å². The lowest BCUT2D eigenvalue weighted by Crippen LogP contribution is -2.30. The summed E-state index contributed by atoms with van der Waals surface area (Å²) in [6.07, 6.45) is 2.90. The molecule has 1 aromatic heterocycles. The molecule has 1 heterocycles. The summed E-state index contributed by atoms with van der Waals surface area (Å²) >= 11 is 5.09. The first kappa shape index (κ1) is 16.1. The number of amides is 1. The maximum Gasteiger partial charge on any atom is 0.238 e. The number of carbonyl (C=O) groups is 1. The molecule has 0 aliphatic carbocycles. The zero-order valence-corrected chi connectivity index (χ0v) is 14.4. The summed E-state index contributed by atoms with van der Waals surface area (Å²) < 4.78 is 0.874. The van der Waals surface area contributed by atoms with Gasteiger partial charge in [0.25, 0.3) is 0 Å². The van der Waals surface area contributed by atoms with Crippen molar-refractivity contribution in [1.29, 1.82) is 0 Å². The number of benzene rings is 1. The molecule has 0 aliphatic heterocycles. The van der Waals surface area contributed by atoms with E-state index >= 15 is 0 Å². The fourth-order valence-corrected chi connectivity index (χ4v) is 3.04. The fourth-order valence-electron chi connectivity index (χ4n) is 1.78.